The third-order valence-corrected chi connectivity index (χ3v) is 2.75. The number of nitrogens with zero attached hydrogens (tertiary/aromatic N) is 1. The van der Waals surface area contributed by atoms with Gasteiger partial charge in [0.1, 0.15) is 0 Å². The number of urea groups is 1. The quantitative estimate of drug-likeness (QED) is 0.790. The van der Waals surface area contributed by atoms with Gasteiger partial charge in [0.15, 0.2) is 0 Å². The maximum absolute atomic E-state index is 11.6. The van der Waals surface area contributed by atoms with Gasteiger partial charge >= 0.3 is 6.03 Å². The molecular weight excluding hydrogens is 202 g/mol. The molecule has 2 rings (SSSR count). The van der Waals surface area contributed by atoms with E-state index in [1.165, 1.54) is 0 Å². The molecule has 0 aromatic heterocycles. The van der Waals surface area contributed by atoms with E-state index in [2.05, 4.69) is 5.32 Å². The van der Waals surface area contributed by atoms with Gasteiger partial charge in [0.2, 0.25) is 0 Å². The van der Waals surface area contributed by atoms with Gasteiger partial charge in [-0.2, -0.15) is 0 Å². The SMILES string of the molecule is CC(C)(N)c1ccccc1N1CCNC1=O. The molecule has 1 aromatic carbocycles. The van der Waals surface area contributed by atoms with Crippen molar-refractivity contribution in [2.75, 3.05) is 18.0 Å². The Bertz CT molecular complexity index is 409. The summed E-state index contributed by atoms with van der Waals surface area (Å²) in [4.78, 5) is 13.4. The first-order chi connectivity index (χ1) is 7.50. The van der Waals surface area contributed by atoms with Crippen LogP contribution in [0.2, 0.25) is 0 Å². The van der Waals surface area contributed by atoms with Crippen LogP contribution >= 0.6 is 0 Å². The van der Waals surface area contributed by atoms with Gasteiger partial charge in [0, 0.05) is 18.6 Å². The maximum Gasteiger partial charge on any atom is 0.322 e. The van der Waals surface area contributed by atoms with Crippen LogP contribution in [-0.2, 0) is 5.54 Å². The molecule has 0 bridgehead atoms. The zero-order valence-electron chi connectivity index (χ0n) is 9.66. The van der Waals surface area contributed by atoms with Crippen molar-refractivity contribution < 1.29 is 4.79 Å². The van der Waals surface area contributed by atoms with Crippen molar-refractivity contribution in [1.82, 2.24) is 5.32 Å². The van der Waals surface area contributed by atoms with Gasteiger partial charge in [-0.05, 0) is 25.5 Å². The Morgan fingerprint density at radius 1 is 1.38 bits per heavy atom. The largest absolute Gasteiger partial charge is 0.336 e. The Kier molecular flexibility index (Phi) is 2.59. The summed E-state index contributed by atoms with van der Waals surface area (Å²) in [5, 5.41) is 2.79. The monoisotopic (exact) mass is 219 g/mol. The minimum absolute atomic E-state index is 0.0447. The lowest BCUT2D eigenvalue weighted by molar-refractivity contribution is 0.252. The van der Waals surface area contributed by atoms with Crippen molar-refractivity contribution in [3.05, 3.63) is 29.8 Å². The van der Waals surface area contributed by atoms with Gasteiger partial charge in [-0.25, -0.2) is 4.79 Å². The number of carbonyl (C=O) groups excluding carboxylic acids is 1. The third-order valence-electron chi connectivity index (χ3n) is 2.75. The number of rotatable bonds is 2. The summed E-state index contributed by atoms with van der Waals surface area (Å²) < 4.78 is 0. The molecule has 0 aliphatic carbocycles. The highest BCUT2D eigenvalue weighted by atomic mass is 16.2. The standard InChI is InChI=1S/C12H17N3O/c1-12(2,13)9-5-3-4-6-10(9)15-8-7-14-11(15)16/h3-6H,7-8,13H2,1-2H3,(H,14,16). The molecular formula is C12H17N3O. The van der Waals surface area contributed by atoms with E-state index in [1.807, 2.05) is 38.1 Å². The Morgan fingerprint density at radius 3 is 2.62 bits per heavy atom. The minimum Gasteiger partial charge on any atom is -0.336 e. The molecule has 0 spiro atoms. The fourth-order valence-electron chi connectivity index (χ4n) is 1.96. The zero-order chi connectivity index (χ0) is 11.8. The number of nitrogens with one attached hydrogen (secondary N) is 1. The van der Waals surface area contributed by atoms with Crippen LogP contribution in [-0.4, -0.2) is 19.1 Å². The van der Waals surface area contributed by atoms with Gasteiger partial charge in [0.05, 0.1) is 5.69 Å². The van der Waals surface area contributed by atoms with E-state index in [4.69, 9.17) is 5.73 Å². The van der Waals surface area contributed by atoms with Gasteiger partial charge in [0.25, 0.3) is 0 Å². The second-order valence-corrected chi connectivity index (χ2v) is 4.62. The van der Waals surface area contributed by atoms with E-state index < -0.39 is 5.54 Å². The Labute approximate surface area is 95.4 Å². The lowest BCUT2D eigenvalue weighted by Gasteiger charge is -2.26. The van der Waals surface area contributed by atoms with Crippen molar-refractivity contribution in [2.45, 2.75) is 19.4 Å². The minimum atomic E-state index is -0.445. The fraction of sp³-hybridized carbons (Fsp3) is 0.417. The lowest BCUT2D eigenvalue weighted by Crippen LogP contribution is -2.34. The van der Waals surface area contributed by atoms with Gasteiger partial charge in [-0.1, -0.05) is 18.2 Å². The maximum atomic E-state index is 11.6. The summed E-state index contributed by atoms with van der Waals surface area (Å²) in [5.41, 5.74) is 7.57. The van der Waals surface area contributed by atoms with Crippen molar-refractivity contribution in [1.29, 1.82) is 0 Å². The van der Waals surface area contributed by atoms with E-state index in [0.717, 1.165) is 11.3 Å². The number of nitrogens with two attached hydrogens (primary N) is 1. The molecule has 86 valence electrons. The van der Waals surface area contributed by atoms with Crippen LogP contribution in [0, 0.1) is 0 Å². The molecule has 0 saturated carbocycles. The fourth-order valence-corrected chi connectivity index (χ4v) is 1.96. The van der Waals surface area contributed by atoms with Crippen LogP contribution in [0.25, 0.3) is 0 Å². The highest BCUT2D eigenvalue weighted by Gasteiger charge is 2.27. The smallest absolute Gasteiger partial charge is 0.322 e. The topological polar surface area (TPSA) is 58.4 Å². The molecule has 4 nitrogen and oxygen atoms in total. The van der Waals surface area contributed by atoms with E-state index in [1.54, 1.807) is 4.90 Å². The highest BCUT2D eigenvalue weighted by Crippen LogP contribution is 2.29. The molecule has 4 heteroatoms. The molecule has 2 amide bonds. The molecule has 0 unspecified atom stereocenters. The van der Waals surface area contributed by atoms with Crippen molar-refractivity contribution in [3.8, 4) is 0 Å². The molecule has 1 aromatic rings. The zero-order valence-corrected chi connectivity index (χ0v) is 9.66. The first-order valence-corrected chi connectivity index (χ1v) is 5.44. The predicted molar refractivity (Wildman–Crippen MR) is 64.4 cm³/mol. The number of anilines is 1. The summed E-state index contributed by atoms with van der Waals surface area (Å²) >= 11 is 0. The van der Waals surface area contributed by atoms with Gasteiger partial charge in [-0.15, -0.1) is 0 Å². The molecule has 1 aliphatic heterocycles. The molecule has 1 heterocycles. The molecule has 0 atom stereocenters. The van der Waals surface area contributed by atoms with Crippen LogP contribution in [0.15, 0.2) is 24.3 Å². The van der Waals surface area contributed by atoms with Crippen LogP contribution in [0.4, 0.5) is 10.5 Å². The van der Waals surface area contributed by atoms with Crippen LogP contribution < -0.4 is 16.0 Å². The first kappa shape index (κ1) is 11.0. The van der Waals surface area contributed by atoms with Crippen LogP contribution in [0.3, 0.4) is 0 Å². The van der Waals surface area contributed by atoms with E-state index in [-0.39, 0.29) is 6.03 Å². The molecule has 0 radical (unpaired) electrons. The summed E-state index contributed by atoms with van der Waals surface area (Å²) in [6.07, 6.45) is 0. The number of hydrogen-bond donors (Lipinski definition) is 2. The average Bonchev–Trinajstić information content (AvgIpc) is 2.63. The summed E-state index contributed by atoms with van der Waals surface area (Å²) in [6, 6.07) is 7.74. The number of carbonyl (C=O) groups is 1. The van der Waals surface area contributed by atoms with Crippen molar-refractivity contribution in [3.63, 3.8) is 0 Å². The number of hydrogen-bond acceptors (Lipinski definition) is 2. The second kappa shape index (κ2) is 3.79. The van der Waals surface area contributed by atoms with Crippen molar-refractivity contribution in [2.24, 2.45) is 5.73 Å². The van der Waals surface area contributed by atoms with Crippen molar-refractivity contribution >= 4 is 11.7 Å². The van der Waals surface area contributed by atoms with Crippen LogP contribution in [0.1, 0.15) is 19.4 Å². The highest BCUT2D eigenvalue weighted by molar-refractivity contribution is 5.95. The normalized spacial score (nSPS) is 16.4. The number of benzene rings is 1. The van der Waals surface area contributed by atoms with E-state index in [0.29, 0.717) is 13.1 Å². The average molecular weight is 219 g/mol. The molecule has 16 heavy (non-hydrogen) atoms. The number of para-hydroxylation sites is 1. The van der Waals surface area contributed by atoms with Gasteiger partial charge in [-0.3, -0.25) is 4.90 Å². The molecule has 1 fully saturated rings. The van der Waals surface area contributed by atoms with E-state index >= 15 is 0 Å². The van der Waals surface area contributed by atoms with E-state index in [9.17, 15) is 4.79 Å². The Balaban J connectivity index is 2.44. The Hall–Kier alpha value is -1.55. The second-order valence-electron chi connectivity index (χ2n) is 4.62. The van der Waals surface area contributed by atoms with Crippen LogP contribution in [0.5, 0.6) is 0 Å². The number of amides is 2. The summed E-state index contributed by atoms with van der Waals surface area (Å²) in [6.45, 7) is 5.28. The predicted octanol–water partition coefficient (Wildman–Crippen LogP) is 1.41. The molecule has 1 saturated heterocycles. The molecule has 1 aliphatic rings. The Morgan fingerprint density at radius 2 is 2.06 bits per heavy atom. The first-order valence-electron chi connectivity index (χ1n) is 5.44. The summed E-state index contributed by atoms with van der Waals surface area (Å²) in [5.74, 6) is 0. The molecule has 3 N–H and O–H groups in total. The summed E-state index contributed by atoms with van der Waals surface area (Å²) in [7, 11) is 0. The lowest BCUT2D eigenvalue weighted by atomic mass is 9.93. The van der Waals surface area contributed by atoms with Gasteiger partial charge < -0.3 is 11.1 Å². The third kappa shape index (κ3) is 1.88.